The summed E-state index contributed by atoms with van der Waals surface area (Å²) in [5, 5.41) is 7.79. The van der Waals surface area contributed by atoms with Crippen LogP contribution in [0.4, 0.5) is 5.69 Å². The van der Waals surface area contributed by atoms with Crippen LogP contribution in [0.3, 0.4) is 0 Å². The van der Waals surface area contributed by atoms with Crippen LogP contribution in [0.2, 0.25) is 0 Å². The van der Waals surface area contributed by atoms with Gasteiger partial charge >= 0.3 is 0 Å². The summed E-state index contributed by atoms with van der Waals surface area (Å²) in [6, 6.07) is 5.33. The zero-order valence-electron chi connectivity index (χ0n) is 14.6. The Morgan fingerprint density at radius 1 is 1.12 bits per heavy atom. The number of terminal acetylenes is 1. The van der Waals surface area contributed by atoms with Crippen molar-refractivity contribution < 1.29 is 14.4 Å². The van der Waals surface area contributed by atoms with Crippen LogP contribution in [-0.2, 0) is 14.4 Å². The van der Waals surface area contributed by atoms with Crippen molar-refractivity contribution in [3.05, 3.63) is 29.8 Å². The van der Waals surface area contributed by atoms with E-state index < -0.39 is 18.0 Å². The standard InChI is InChI=1S/C18H24N4O3/c1-5-6-15(19)18(25)21-12(3)17(24)22-14-9-7-13(8-10-14)11(2)16(23)20-4/h1,7-12,15H,6,19H2,2-4H3,(H,20,23)(H,21,25)(H,22,24)/t11?,12?,15-/m0/s1. The SMILES string of the molecule is C#CC[C@H](N)C(=O)NC(C)C(=O)Nc1ccc(C(C)C(=O)NC)cc1. The molecular weight excluding hydrogens is 320 g/mol. The zero-order chi connectivity index (χ0) is 19.0. The lowest BCUT2D eigenvalue weighted by Crippen LogP contribution is -2.48. The summed E-state index contributed by atoms with van der Waals surface area (Å²) in [4.78, 5) is 35.5. The van der Waals surface area contributed by atoms with E-state index in [1.165, 1.54) is 0 Å². The molecule has 0 aliphatic carbocycles. The van der Waals surface area contributed by atoms with Crippen LogP contribution < -0.4 is 21.7 Å². The molecule has 0 spiro atoms. The van der Waals surface area contributed by atoms with Gasteiger partial charge in [0.05, 0.1) is 12.0 Å². The number of nitrogens with two attached hydrogens (primary N) is 1. The fraction of sp³-hybridized carbons (Fsp3) is 0.389. The van der Waals surface area contributed by atoms with E-state index in [0.717, 1.165) is 5.56 Å². The molecule has 3 atom stereocenters. The first kappa shape index (κ1) is 20.2. The fourth-order valence-electron chi connectivity index (χ4n) is 2.08. The van der Waals surface area contributed by atoms with Crippen molar-refractivity contribution in [1.82, 2.24) is 10.6 Å². The van der Waals surface area contributed by atoms with Crippen molar-refractivity contribution in [2.45, 2.75) is 38.3 Å². The summed E-state index contributed by atoms with van der Waals surface area (Å²) < 4.78 is 0. The fourth-order valence-corrected chi connectivity index (χ4v) is 2.08. The molecule has 0 saturated heterocycles. The predicted octanol–water partition coefficient (Wildman–Crippen LogP) is 0.330. The van der Waals surface area contributed by atoms with Crippen molar-refractivity contribution in [3.63, 3.8) is 0 Å². The number of benzene rings is 1. The quantitative estimate of drug-likeness (QED) is 0.534. The second-order valence-electron chi connectivity index (χ2n) is 5.69. The third kappa shape index (κ3) is 5.94. The lowest BCUT2D eigenvalue weighted by Gasteiger charge is -2.17. The molecule has 25 heavy (non-hydrogen) atoms. The van der Waals surface area contributed by atoms with Crippen LogP contribution in [0, 0.1) is 12.3 Å². The molecule has 0 radical (unpaired) electrons. The Morgan fingerprint density at radius 3 is 2.24 bits per heavy atom. The summed E-state index contributed by atoms with van der Waals surface area (Å²) in [6.07, 6.45) is 5.21. The monoisotopic (exact) mass is 344 g/mol. The second kappa shape index (κ2) is 9.45. The summed E-state index contributed by atoms with van der Waals surface area (Å²) in [5.41, 5.74) is 6.98. The molecule has 5 N–H and O–H groups in total. The highest BCUT2D eigenvalue weighted by atomic mass is 16.2. The molecule has 3 amide bonds. The lowest BCUT2D eigenvalue weighted by atomic mass is 10.0. The normalized spacial score (nSPS) is 13.7. The average molecular weight is 344 g/mol. The number of hydrogen-bond acceptors (Lipinski definition) is 4. The maximum atomic E-state index is 12.1. The first-order valence-corrected chi connectivity index (χ1v) is 7.92. The van der Waals surface area contributed by atoms with Gasteiger partial charge in [-0.1, -0.05) is 12.1 Å². The van der Waals surface area contributed by atoms with E-state index in [2.05, 4.69) is 21.9 Å². The van der Waals surface area contributed by atoms with Gasteiger partial charge in [-0.05, 0) is 31.5 Å². The molecule has 0 bridgehead atoms. The van der Waals surface area contributed by atoms with Crippen LogP contribution in [-0.4, -0.2) is 36.9 Å². The van der Waals surface area contributed by atoms with Gasteiger partial charge in [0.25, 0.3) is 0 Å². The van der Waals surface area contributed by atoms with E-state index in [4.69, 9.17) is 12.2 Å². The molecule has 1 aromatic rings. The minimum absolute atomic E-state index is 0.0866. The Bertz CT molecular complexity index is 664. The largest absolute Gasteiger partial charge is 0.359 e. The molecule has 1 aromatic carbocycles. The van der Waals surface area contributed by atoms with E-state index in [1.807, 2.05) is 0 Å². The van der Waals surface area contributed by atoms with E-state index in [-0.39, 0.29) is 24.2 Å². The summed E-state index contributed by atoms with van der Waals surface area (Å²) in [7, 11) is 1.58. The van der Waals surface area contributed by atoms with Gasteiger partial charge in [-0.2, -0.15) is 0 Å². The molecule has 0 heterocycles. The Labute approximate surface area is 147 Å². The zero-order valence-corrected chi connectivity index (χ0v) is 14.6. The van der Waals surface area contributed by atoms with Crippen molar-refractivity contribution in [1.29, 1.82) is 0 Å². The molecule has 2 unspecified atom stereocenters. The Kier molecular flexibility index (Phi) is 7.63. The van der Waals surface area contributed by atoms with Crippen LogP contribution in [0.25, 0.3) is 0 Å². The molecule has 0 fully saturated rings. The highest BCUT2D eigenvalue weighted by Crippen LogP contribution is 2.18. The Hall–Kier alpha value is -2.85. The Morgan fingerprint density at radius 2 is 1.72 bits per heavy atom. The van der Waals surface area contributed by atoms with E-state index in [1.54, 1.807) is 45.2 Å². The van der Waals surface area contributed by atoms with E-state index in [9.17, 15) is 14.4 Å². The third-order valence-corrected chi connectivity index (χ3v) is 3.74. The van der Waals surface area contributed by atoms with Gasteiger partial charge in [0.1, 0.15) is 6.04 Å². The average Bonchev–Trinajstić information content (AvgIpc) is 2.61. The number of anilines is 1. The molecule has 0 saturated carbocycles. The first-order valence-electron chi connectivity index (χ1n) is 7.92. The molecule has 1 rings (SSSR count). The molecule has 134 valence electrons. The highest BCUT2D eigenvalue weighted by molar-refractivity contribution is 5.97. The number of amides is 3. The second-order valence-corrected chi connectivity index (χ2v) is 5.69. The van der Waals surface area contributed by atoms with Crippen molar-refractivity contribution in [3.8, 4) is 12.3 Å². The topological polar surface area (TPSA) is 113 Å². The van der Waals surface area contributed by atoms with Crippen molar-refractivity contribution >= 4 is 23.4 Å². The van der Waals surface area contributed by atoms with Crippen LogP contribution in [0.15, 0.2) is 24.3 Å². The van der Waals surface area contributed by atoms with Crippen LogP contribution in [0.1, 0.15) is 31.7 Å². The third-order valence-electron chi connectivity index (χ3n) is 3.74. The molecule has 0 aromatic heterocycles. The lowest BCUT2D eigenvalue weighted by molar-refractivity contribution is -0.126. The van der Waals surface area contributed by atoms with Crippen LogP contribution >= 0.6 is 0 Å². The number of carbonyl (C=O) groups excluding carboxylic acids is 3. The van der Waals surface area contributed by atoms with Crippen molar-refractivity contribution in [2.75, 3.05) is 12.4 Å². The number of carbonyl (C=O) groups is 3. The number of rotatable bonds is 7. The minimum Gasteiger partial charge on any atom is -0.359 e. The van der Waals surface area contributed by atoms with Gasteiger partial charge in [0, 0.05) is 19.2 Å². The van der Waals surface area contributed by atoms with E-state index >= 15 is 0 Å². The van der Waals surface area contributed by atoms with Crippen LogP contribution in [0.5, 0.6) is 0 Å². The molecule has 7 heteroatoms. The number of nitrogens with one attached hydrogen (secondary N) is 3. The summed E-state index contributed by atoms with van der Waals surface area (Å²) >= 11 is 0. The number of hydrogen-bond donors (Lipinski definition) is 4. The summed E-state index contributed by atoms with van der Waals surface area (Å²) in [5.74, 6) is 1.07. The van der Waals surface area contributed by atoms with Gasteiger partial charge in [-0.15, -0.1) is 12.3 Å². The molecule has 7 nitrogen and oxygen atoms in total. The van der Waals surface area contributed by atoms with Gasteiger partial charge < -0.3 is 21.7 Å². The molecule has 0 aliphatic rings. The minimum atomic E-state index is -0.842. The summed E-state index contributed by atoms with van der Waals surface area (Å²) in [6.45, 7) is 3.35. The first-order chi connectivity index (χ1) is 11.8. The van der Waals surface area contributed by atoms with Gasteiger partial charge in [-0.25, -0.2) is 0 Å². The maximum absolute atomic E-state index is 12.1. The van der Waals surface area contributed by atoms with E-state index in [0.29, 0.717) is 5.69 Å². The van der Waals surface area contributed by atoms with Crippen molar-refractivity contribution in [2.24, 2.45) is 5.73 Å². The van der Waals surface area contributed by atoms with Gasteiger partial charge in [-0.3, -0.25) is 14.4 Å². The molecular formula is C18H24N4O3. The Balaban J connectivity index is 2.63. The molecule has 0 aliphatic heterocycles. The predicted molar refractivity (Wildman–Crippen MR) is 96.6 cm³/mol. The number of likely N-dealkylation sites (N-methyl/N-ethyl adjacent to an activating group) is 1. The highest BCUT2D eigenvalue weighted by Gasteiger charge is 2.20. The van der Waals surface area contributed by atoms with Gasteiger partial charge in [0.15, 0.2) is 0 Å². The smallest absolute Gasteiger partial charge is 0.246 e. The maximum Gasteiger partial charge on any atom is 0.246 e. The van der Waals surface area contributed by atoms with Gasteiger partial charge in [0.2, 0.25) is 17.7 Å².